The van der Waals surface area contributed by atoms with Gasteiger partial charge in [-0.15, -0.1) is 0 Å². The predicted molar refractivity (Wildman–Crippen MR) is 42.9 cm³/mol. The highest BCUT2D eigenvalue weighted by Crippen LogP contribution is 2.30. The van der Waals surface area contributed by atoms with Crippen LogP contribution in [0.25, 0.3) is 0 Å². The van der Waals surface area contributed by atoms with E-state index < -0.39 is 25.9 Å². The predicted octanol–water partition coefficient (Wildman–Crippen LogP) is 1.19. The van der Waals surface area contributed by atoms with Crippen molar-refractivity contribution in [3.05, 3.63) is 24.0 Å². The molecule has 1 aromatic rings. The van der Waals surface area contributed by atoms with Gasteiger partial charge in [0.1, 0.15) is 10.6 Å². The summed E-state index contributed by atoms with van der Waals surface area (Å²) in [7, 11) is -5.51. The molecule has 0 spiro atoms. The van der Waals surface area contributed by atoms with Gasteiger partial charge >= 0.3 is 5.51 Å². The van der Waals surface area contributed by atoms with Gasteiger partial charge in [0.25, 0.3) is 9.84 Å². The van der Waals surface area contributed by atoms with Gasteiger partial charge in [-0.2, -0.15) is 13.2 Å². The first-order chi connectivity index (χ1) is 6.80. The molecule has 0 aliphatic heterocycles. The second kappa shape index (κ2) is 3.61. The number of halogens is 3. The van der Waals surface area contributed by atoms with Crippen molar-refractivity contribution in [3.63, 3.8) is 0 Å². The van der Waals surface area contributed by atoms with Crippen molar-refractivity contribution in [1.82, 2.24) is 4.98 Å². The monoisotopic (exact) mass is 239 g/mol. The van der Waals surface area contributed by atoms with Crippen LogP contribution < -0.4 is 0 Å². The Balaban J connectivity index is 3.47. The normalized spacial score (nSPS) is 12.5. The molecule has 0 atom stereocenters. The van der Waals surface area contributed by atoms with Crippen LogP contribution in [0.1, 0.15) is 10.5 Å². The molecule has 0 unspecified atom stereocenters. The van der Waals surface area contributed by atoms with Crippen LogP contribution >= 0.6 is 0 Å². The molecule has 0 saturated heterocycles. The smallest absolute Gasteiger partial charge is 0.296 e. The van der Waals surface area contributed by atoms with E-state index in [4.69, 9.17) is 0 Å². The van der Waals surface area contributed by atoms with Gasteiger partial charge in [0, 0.05) is 6.20 Å². The highest BCUT2D eigenvalue weighted by Gasteiger charge is 2.48. The molecule has 0 aromatic carbocycles. The lowest BCUT2D eigenvalue weighted by atomic mass is 10.4. The molecule has 0 fully saturated rings. The first-order valence-corrected chi connectivity index (χ1v) is 5.00. The fourth-order valence-electron chi connectivity index (χ4n) is 0.843. The topological polar surface area (TPSA) is 64.1 Å². The Morgan fingerprint density at radius 3 is 2.40 bits per heavy atom. The minimum Gasteiger partial charge on any atom is -0.296 e. The third kappa shape index (κ3) is 1.99. The van der Waals surface area contributed by atoms with Crippen molar-refractivity contribution in [2.24, 2.45) is 0 Å². The van der Waals surface area contributed by atoms with Crippen LogP contribution in [0, 0.1) is 0 Å². The Morgan fingerprint density at radius 1 is 1.33 bits per heavy atom. The van der Waals surface area contributed by atoms with E-state index in [2.05, 4.69) is 4.98 Å². The van der Waals surface area contributed by atoms with E-state index in [1.807, 2.05) is 0 Å². The molecule has 15 heavy (non-hydrogen) atoms. The number of carbonyl (C=O) groups is 1. The van der Waals surface area contributed by atoms with Gasteiger partial charge in [-0.3, -0.25) is 9.78 Å². The summed E-state index contributed by atoms with van der Waals surface area (Å²) in [6, 6.07) is 1.69. The molecule has 0 bridgehead atoms. The van der Waals surface area contributed by atoms with Crippen LogP contribution in [0.2, 0.25) is 0 Å². The number of pyridine rings is 1. The summed E-state index contributed by atoms with van der Waals surface area (Å²) >= 11 is 0. The minimum atomic E-state index is -5.51. The second-order valence-electron chi connectivity index (χ2n) is 2.45. The zero-order valence-corrected chi connectivity index (χ0v) is 7.84. The van der Waals surface area contributed by atoms with Crippen LogP contribution in [-0.2, 0) is 9.84 Å². The molecule has 1 aromatic heterocycles. The highest BCUT2D eigenvalue weighted by atomic mass is 32.2. The zero-order valence-electron chi connectivity index (χ0n) is 7.02. The lowest BCUT2D eigenvalue weighted by molar-refractivity contribution is -0.0436. The summed E-state index contributed by atoms with van der Waals surface area (Å²) in [4.78, 5) is 12.4. The zero-order chi connectivity index (χ0) is 11.7. The quantitative estimate of drug-likeness (QED) is 0.727. The van der Waals surface area contributed by atoms with Crippen molar-refractivity contribution >= 4 is 16.1 Å². The van der Waals surface area contributed by atoms with Crippen LogP contribution in [0.4, 0.5) is 13.2 Å². The number of hydrogen-bond donors (Lipinski definition) is 0. The Kier molecular flexibility index (Phi) is 2.80. The van der Waals surface area contributed by atoms with Crippen LogP contribution in [-0.4, -0.2) is 25.2 Å². The van der Waals surface area contributed by atoms with Crippen molar-refractivity contribution in [2.75, 3.05) is 0 Å². The van der Waals surface area contributed by atoms with Crippen molar-refractivity contribution in [2.45, 2.75) is 10.4 Å². The number of carbonyl (C=O) groups excluding carboxylic acids is 1. The summed E-state index contributed by atoms with van der Waals surface area (Å²) in [5, 5.41) is 0. The molecule has 0 amide bonds. The first kappa shape index (κ1) is 11.6. The van der Waals surface area contributed by atoms with Gasteiger partial charge in [0.2, 0.25) is 0 Å². The molecule has 1 rings (SSSR count). The van der Waals surface area contributed by atoms with E-state index in [9.17, 15) is 26.4 Å². The molecular formula is C7H4F3NO3S. The number of aromatic nitrogens is 1. The standard InChI is InChI=1S/C7H4F3NO3S/c8-7(9,10)15(13,14)6-2-1-3-11-5(6)4-12/h1-4H. The van der Waals surface area contributed by atoms with E-state index in [-0.39, 0.29) is 6.29 Å². The SMILES string of the molecule is O=Cc1ncccc1S(=O)(=O)C(F)(F)F. The molecule has 8 heteroatoms. The number of nitrogens with zero attached hydrogens (tertiary/aromatic N) is 1. The van der Waals surface area contributed by atoms with Crippen LogP contribution in [0.3, 0.4) is 0 Å². The maximum atomic E-state index is 12.1. The fourth-order valence-corrected chi connectivity index (χ4v) is 1.73. The Labute approximate surface area is 82.7 Å². The van der Waals surface area contributed by atoms with Crippen LogP contribution in [0.15, 0.2) is 23.2 Å². The molecule has 0 aliphatic carbocycles. The maximum Gasteiger partial charge on any atom is 0.501 e. The molecule has 0 N–H and O–H groups in total. The Hall–Kier alpha value is -1.44. The summed E-state index contributed by atoms with van der Waals surface area (Å²) in [5.74, 6) is 0. The maximum absolute atomic E-state index is 12.1. The Bertz CT molecular complexity index is 480. The molecule has 1 heterocycles. The van der Waals surface area contributed by atoms with E-state index in [1.54, 1.807) is 0 Å². The largest absolute Gasteiger partial charge is 0.501 e. The summed E-state index contributed by atoms with van der Waals surface area (Å²) in [6.07, 6.45) is 0.984. The van der Waals surface area contributed by atoms with Gasteiger partial charge in [-0.05, 0) is 12.1 Å². The number of aldehydes is 1. The van der Waals surface area contributed by atoms with E-state index in [1.165, 1.54) is 0 Å². The molecule has 0 saturated carbocycles. The first-order valence-electron chi connectivity index (χ1n) is 3.52. The van der Waals surface area contributed by atoms with E-state index in [0.717, 1.165) is 12.3 Å². The Morgan fingerprint density at radius 2 is 1.93 bits per heavy atom. The summed E-state index contributed by atoms with van der Waals surface area (Å²) in [6.45, 7) is 0. The lowest BCUT2D eigenvalue weighted by Crippen LogP contribution is -2.24. The summed E-state index contributed by atoms with van der Waals surface area (Å²) < 4.78 is 58.1. The van der Waals surface area contributed by atoms with Crippen molar-refractivity contribution in [1.29, 1.82) is 0 Å². The van der Waals surface area contributed by atoms with Crippen molar-refractivity contribution in [3.8, 4) is 0 Å². The summed E-state index contributed by atoms with van der Waals surface area (Å²) in [5.41, 5.74) is -6.19. The molecule has 0 radical (unpaired) electrons. The average Bonchev–Trinajstić information content (AvgIpc) is 2.16. The third-order valence-corrected chi connectivity index (χ3v) is 3.04. The average molecular weight is 239 g/mol. The van der Waals surface area contributed by atoms with Gasteiger partial charge in [-0.25, -0.2) is 8.42 Å². The molecular weight excluding hydrogens is 235 g/mol. The van der Waals surface area contributed by atoms with E-state index in [0.29, 0.717) is 6.07 Å². The van der Waals surface area contributed by atoms with Gasteiger partial charge in [0.15, 0.2) is 6.29 Å². The lowest BCUT2D eigenvalue weighted by Gasteiger charge is -2.08. The van der Waals surface area contributed by atoms with Gasteiger partial charge in [-0.1, -0.05) is 0 Å². The highest BCUT2D eigenvalue weighted by molar-refractivity contribution is 7.92. The number of sulfone groups is 1. The number of hydrogen-bond acceptors (Lipinski definition) is 4. The third-order valence-electron chi connectivity index (χ3n) is 1.51. The fraction of sp³-hybridized carbons (Fsp3) is 0.143. The van der Waals surface area contributed by atoms with E-state index >= 15 is 0 Å². The van der Waals surface area contributed by atoms with Gasteiger partial charge < -0.3 is 0 Å². The second-order valence-corrected chi connectivity index (χ2v) is 4.36. The molecule has 4 nitrogen and oxygen atoms in total. The van der Waals surface area contributed by atoms with Crippen molar-refractivity contribution < 1.29 is 26.4 Å². The van der Waals surface area contributed by atoms with Crippen LogP contribution in [0.5, 0.6) is 0 Å². The minimum absolute atomic E-state index is 0.0430. The molecule has 0 aliphatic rings. The molecule has 82 valence electrons. The number of rotatable bonds is 2. The number of alkyl halides is 3. The van der Waals surface area contributed by atoms with Gasteiger partial charge in [0.05, 0.1) is 0 Å².